The third kappa shape index (κ3) is 3.40. The number of rotatable bonds is 3. The standard InChI is InChI=1S/C11H12F3N3O4S/c1-21-7-2-15-9(22-7)16-10(20)17-3-5(8(18)19)6(4-17)11(12,13)14/h2,5-6H,3-4H2,1H3,(H,18,19)(H,15,16,20)/t5-,6-/m1/s1. The molecule has 1 fully saturated rings. The molecule has 0 saturated carbocycles. The summed E-state index contributed by atoms with van der Waals surface area (Å²) >= 11 is 1.00. The third-order valence-corrected chi connectivity index (χ3v) is 4.12. The minimum Gasteiger partial charge on any atom is -0.486 e. The maximum Gasteiger partial charge on any atom is 0.394 e. The van der Waals surface area contributed by atoms with Crippen molar-refractivity contribution < 1.29 is 32.6 Å². The molecule has 2 amide bonds. The lowest BCUT2D eigenvalue weighted by Gasteiger charge is -2.18. The molecule has 0 bridgehead atoms. The van der Waals surface area contributed by atoms with Crippen LogP contribution in [0.25, 0.3) is 0 Å². The molecule has 0 aliphatic carbocycles. The first-order valence-electron chi connectivity index (χ1n) is 6.07. The number of carbonyl (C=O) groups excluding carboxylic acids is 1. The number of thiazole rings is 1. The fraction of sp³-hybridized carbons (Fsp3) is 0.545. The summed E-state index contributed by atoms with van der Waals surface area (Å²) in [6.45, 7) is -1.21. The summed E-state index contributed by atoms with van der Waals surface area (Å²) < 4.78 is 43.4. The van der Waals surface area contributed by atoms with E-state index < -0.39 is 43.1 Å². The van der Waals surface area contributed by atoms with Crippen LogP contribution in [0.4, 0.5) is 23.1 Å². The van der Waals surface area contributed by atoms with Crippen LogP contribution >= 0.6 is 11.3 Å². The number of anilines is 1. The van der Waals surface area contributed by atoms with Crippen LogP contribution in [0.2, 0.25) is 0 Å². The van der Waals surface area contributed by atoms with Gasteiger partial charge in [-0.25, -0.2) is 9.78 Å². The minimum atomic E-state index is -4.68. The Morgan fingerprint density at radius 3 is 2.64 bits per heavy atom. The summed E-state index contributed by atoms with van der Waals surface area (Å²) in [7, 11) is 1.41. The summed E-state index contributed by atoms with van der Waals surface area (Å²) in [4.78, 5) is 27.5. The van der Waals surface area contributed by atoms with Gasteiger partial charge in [-0.1, -0.05) is 11.3 Å². The van der Waals surface area contributed by atoms with E-state index in [1.165, 1.54) is 13.3 Å². The number of hydrogen-bond donors (Lipinski definition) is 2. The van der Waals surface area contributed by atoms with Gasteiger partial charge >= 0.3 is 18.2 Å². The van der Waals surface area contributed by atoms with Crippen molar-refractivity contribution in [2.45, 2.75) is 6.18 Å². The summed E-state index contributed by atoms with van der Waals surface area (Å²) in [5.41, 5.74) is 0. The number of nitrogens with one attached hydrogen (secondary N) is 1. The number of ether oxygens (including phenoxy) is 1. The summed E-state index contributed by atoms with van der Waals surface area (Å²) in [5, 5.41) is 11.8. The average Bonchev–Trinajstić information content (AvgIpc) is 3.03. The number of methoxy groups -OCH3 is 1. The van der Waals surface area contributed by atoms with Crippen molar-refractivity contribution in [2.24, 2.45) is 11.8 Å². The lowest BCUT2D eigenvalue weighted by atomic mass is 9.96. The smallest absolute Gasteiger partial charge is 0.394 e. The second kappa shape index (κ2) is 5.99. The Morgan fingerprint density at radius 1 is 1.50 bits per heavy atom. The van der Waals surface area contributed by atoms with E-state index in [9.17, 15) is 22.8 Å². The quantitative estimate of drug-likeness (QED) is 0.877. The Balaban J connectivity index is 2.06. The number of hydrogen-bond acceptors (Lipinski definition) is 5. The number of aromatic nitrogens is 1. The van der Waals surface area contributed by atoms with Gasteiger partial charge in [0, 0.05) is 13.1 Å². The van der Waals surface area contributed by atoms with Gasteiger partial charge in [0.2, 0.25) is 0 Å². The normalized spacial score (nSPS) is 21.7. The molecular formula is C11H12F3N3O4S. The molecule has 0 unspecified atom stereocenters. The fourth-order valence-electron chi connectivity index (χ4n) is 2.13. The third-order valence-electron chi connectivity index (χ3n) is 3.24. The Morgan fingerprint density at radius 2 is 2.18 bits per heavy atom. The summed E-state index contributed by atoms with van der Waals surface area (Å²) in [6.07, 6.45) is -3.33. The second-order valence-electron chi connectivity index (χ2n) is 4.62. The highest BCUT2D eigenvalue weighted by Gasteiger charge is 2.53. The first-order chi connectivity index (χ1) is 10.2. The Labute approximate surface area is 126 Å². The number of alkyl halides is 3. The van der Waals surface area contributed by atoms with Crippen LogP contribution in [0, 0.1) is 11.8 Å². The van der Waals surface area contributed by atoms with Crippen molar-refractivity contribution in [3.05, 3.63) is 6.20 Å². The molecule has 22 heavy (non-hydrogen) atoms. The van der Waals surface area contributed by atoms with Gasteiger partial charge in [-0.2, -0.15) is 13.2 Å². The molecule has 122 valence electrons. The van der Waals surface area contributed by atoms with Crippen molar-refractivity contribution >= 4 is 28.5 Å². The second-order valence-corrected chi connectivity index (χ2v) is 5.61. The van der Waals surface area contributed by atoms with Gasteiger partial charge in [0.1, 0.15) is 0 Å². The molecule has 1 aromatic rings. The first-order valence-corrected chi connectivity index (χ1v) is 6.89. The van der Waals surface area contributed by atoms with Gasteiger partial charge in [0.25, 0.3) is 0 Å². The van der Waals surface area contributed by atoms with E-state index in [0.29, 0.717) is 5.06 Å². The van der Waals surface area contributed by atoms with E-state index in [1.54, 1.807) is 0 Å². The van der Waals surface area contributed by atoms with E-state index in [4.69, 9.17) is 9.84 Å². The molecule has 2 heterocycles. The van der Waals surface area contributed by atoms with Crippen LogP contribution in [-0.2, 0) is 4.79 Å². The van der Waals surface area contributed by atoms with E-state index in [1.807, 2.05) is 0 Å². The van der Waals surface area contributed by atoms with Gasteiger partial charge in [-0.05, 0) is 0 Å². The maximum absolute atomic E-state index is 12.8. The summed E-state index contributed by atoms with van der Waals surface area (Å²) in [6, 6.07) is -0.824. The highest BCUT2D eigenvalue weighted by atomic mass is 32.1. The minimum absolute atomic E-state index is 0.157. The zero-order chi connectivity index (χ0) is 16.5. The molecule has 11 heteroatoms. The fourth-order valence-corrected chi connectivity index (χ4v) is 2.76. The van der Waals surface area contributed by atoms with Gasteiger partial charge in [-0.15, -0.1) is 0 Å². The summed E-state index contributed by atoms with van der Waals surface area (Å²) in [5.74, 6) is -5.33. The lowest BCUT2D eigenvalue weighted by Crippen LogP contribution is -2.35. The molecule has 2 rings (SSSR count). The van der Waals surface area contributed by atoms with E-state index in [-0.39, 0.29) is 5.13 Å². The molecule has 1 aliphatic rings. The maximum atomic E-state index is 12.8. The van der Waals surface area contributed by atoms with Crippen LogP contribution in [0.3, 0.4) is 0 Å². The van der Waals surface area contributed by atoms with Gasteiger partial charge in [0.15, 0.2) is 10.2 Å². The predicted molar refractivity (Wildman–Crippen MR) is 69.9 cm³/mol. The van der Waals surface area contributed by atoms with Crippen molar-refractivity contribution in [3.8, 4) is 5.06 Å². The number of nitrogens with zero attached hydrogens (tertiary/aromatic N) is 2. The molecule has 0 radical (unpaired) electrons. The molecule has 1 aromatic heterocycles. The lowest BCUT2D eigenvalue weighted by molar-refractivity contribution is -0.187. The van der Waals surface area contributed by atoms with E-state index >= 15 is 0 Å². The number of carboxylic acids is 1. The van der Waals surface area contributed by atoms with Gasteiger partial charge in [0.05, 0.1) is 25.1 Å². The zero-order valence-electron chi connectivity index (χ0n) is 11.3. The number of amides is 2. The van der Waals surface area contributed by atoms with Crippen LogP contribution < -0.4 is 10.1 Å². The van der Waals surface area contributed by atoms with E-state index in [0.717, 1.165) is 16.2 Å². The molecule has 2 N–H and O–H groups in total. The number of aliphatic carboxylic acids is 1. The molecule has 0 aromatic carbocycles. The number of halogens is 3. The molecule has 0 spiro atoms. The largest absolute Gasteiger partial charge is 0.486 e. The first kappa shape index (κ1) is 16.3. The molecule has 2 atom stereocenters. The van der Waals surface area contributed by atoms with Crippen molar-refractivity contribution in [1.29, 1.82) is 0 Å². The number of carbonyl (C=O) groups is 2. The highest BCUT2D eigenvalue weighted by Crippen LogP contribution is 2.38. The molecule has 1 saturated heterocycles. The molecule has 1 aliphatic heterocycles. The Hall–Kier alpha value is -2.04. The van der Waals surface area contributed by atoms with Crippen LogP contribution in [-0.4, -0.2) is 53.4 Å². The van der Waals surface area contributed by atoms with Crippen molar-refractivity contribution in [1.82, 2.24) is 9.88 Å². The van der Waals surface area contributed by atoms with Crippen LogP contribution in [0.1, 0.15) is 0 Å². The van der Waals surface area contributed by atoms with Crippen LogP contribution in [0.5, 0.6) is 5.06 Å². The van der Waals surface area contributed by atoms with Gasteiger partial charge in [-0.3, -0.25) is 10.1 Å². The molecule has 7 nitrogen and oxygen atoms in total. The Bertz CT molecular complexity index is 577. The van der Waals surface area contributed by atoms with E-state index in [2.05, 4.69) is 10.3 Å². The SMILES string of the molecule is COc1cnc(NC(=O)N2C[C@@H](C(F)(F)F)[C@H](C(=O)O)C2)s1. The predicted octanol–water partition coefficient (Wildman–Crippen LogP) is 1.88. The van der Waals surface area contributed by atoms with Crippen molar-refractivity contribution in [3.63, 3.8) is 0 Å². The number of carboxylic acid groups (broad SMARTS) is 1. The zero-order valence-corrected chi connectivity index (χ0v) is 12.1. The number of likely N-dealkylation sites (tertiary alicyclic amines) is 1. The topological polar surface area (TPSA) is 91.8 Å². The number of urea groups is 1. The molecular weight excluding hydrogens is 327 g/mol. The highest BCUT2D eigenvalue weighted by molar-refractivity contribution is 7.17. The average molecular weight is 339 g/mol. The van der Waals surface area contributed by atoms with Crippen molar-refractivity contribution in [2.75, 3.05) is 25.5 Å². The van der Waals surface area contributed by atoms with Crippen LogP contribution in [0.15, 0.2) is 6.20 Å². The Kier molecular flexibility index (Phi) is 4.44. The van der Waals surface area contributed by atoms with Gasteiger partial charge < -0.3 is 14.7 Å². The monoisotopic (exact) mass is 339 g/mol.